The van der Waals surface area contributed by atoms with Gasteiger partial charge in [-0.2, -0.15) is 0 Å². The Morgan fingerprint density at radius 2 is 1.55 bits per heavy atom. The van der Waals surface area contributed by atoms with Gasteiger partial charge in [-0.25, -0.2) is 9.59 Å². The van der Waals surface area contributed by atoms with Crippen molar-refractivity contribution in [3.05, 3.63) is 0 Å². The molecule has 3 amide bonds. The molecule has 0 aliphatic rings. The Balaban J connectivity index is 4.31. The van der Waals surface area contributed by atoms with Gasteiger partial charge in [0, 0.05) is 6.54 Å². The van der Waals surface area contributed by atoms with Crippen LogP contribution in [-0.2, 0) is 9.59 Å². The Bertz CT molecular complexity index is 356. The van der Waals surface area contributed by atoms with Crippen LogP contribution in [0, 0.1) is 11.8 Å². The van der Waals surface area contributed by atoms with Crippen LogP contribution in [0.1, 0.15) is 34.6 Å². The summed E-state index contributed by atoms with van der Waals surface area (Å²) in [5, 5.41) is 16.4. The van der Waals surface area contributed by atoms with Crippen molar-refractivity contribution in [2.24, 2.45) is 11.8 Å². The minimum Gasteiger partial charge on any atom is -0.480 e. The number of rotatable bonds is 7. The van der Waals surface area contributed by atoms with Gasteiger partial charge in [0.25, 0.3) is 0 Å². The molecular formula is C13H25N3O4. The van der Waals surface area contributed by atoms with E-state index in [1.54, 1.807) is 20.8 Å². The van der Waals surface area contributed by atoms with Crippen LogP contribution in [-0.4, -0.2) is 41.6 Å². The number of aliphatic carboxylic acids is 1. The van der Waals surface area contributed by atoms with E-state index in [0.29, 0.717) is 12.5 Å². The van der Waals surface area contributed by atoms with Crippen molar-refractivity contribution < 1.29 is 19.5 Å². The number of amides is 3. The number of carbonyl (C=O) groups excluding carboxylic acids is 2. The number of hydrogen-bond donors (Lipinski definition) is 4. The highest BCUT2D eigenvalue weighted by Gasteiger charge is 2.24. The molecule has 0 spiro atoms. The van der Waals surface area contributed by atoms with E-state index in [9.17, 15) is 14.4 Å². The minimum absolute atomic E-state index is 0.247. The molecule has 0 aliphatic heterocycles. The predicted molar refractivity (Wildman–Crippen MR) is 75.2 cm³/mol. The fraction of sp³-hybridized carbons (Fsp3) is 0.769. The summed E-state index contributed by atoms with van der Waals surface area (Å²) in [5.74, 6) is -1.34. The van der Waals surface area contributed by atoms with E-state index in [1.165, 1.54) is 0 Å². The monoisotopic (exact) mass is 287 g/mol. The van der Waals surface area contributed by atoms with E-state index in [0.717, 1.165) is 0 Å². The third-order valence-electron chi connectivity index (χ3n) is 2.64. The van der Waals surface area contributed by atoms with Gasteiger partial charge in [0.15, 0.2) is 0 Å². The summed E-state index contributed by atoms with van der Waals surface area (Å²) >= 11 is 0. The van der Waals surface area contributed by atoms with Crippen molar-refractivity contribution in [1.82, 2.24) is 16.0 Å². The molecule has 0 saturated heterocycles. The van der Waals surface area contributed by atoms with Crippen LogP contribution >= 0.6 is 0 Å². The molecule has 0 bridgehead atoms. The van der Waals surface area contributed by atoms with Crippen molar-refractivity contribution in [3.8, 4) is 0 Å². The van der Waals surface area contributed by atoms with Crippen LogP contribution < -0.4 is 16.0 Å². The number of urea groups is 1. The lowest BCUT2D eigenvalue weighted by atomic mass is 10.1. The van der Waals surface area contributed by atoms with Gasteiger partial charge >= 0.3 is 12.0 Å². The van der Waals surface area contributed by atoms with Crippen LogP contribution in [0.15, 0.2) is 0 Å². The van der Waals surface area contributed by atoms with Gasteiger partial charge < -0.3 is 21.1 Å². The highest BCUT2D eigenvalue weighted by atomic mass is 16.4. The fourth-order valence-electron chi connectivity index (χ4n) is 1.42. The van der Waals surface area contributed by atoms with Crippen molar-refractivity contribution >= 4 is 17.9 Å². The SMILES string of the molecule is CC(C)CNC(=O)C(C)NC(=O)N[C@H](C(=O)O)C(C)C. The molecule has 20 heavy (non-hydrogen) atoms. The molecule has 7 heteroatoms. The van der Waals surface area contributed by atoms with E-state index < -0.39 is 24.1 Å². The summed E-state index contributed by atoms with van der Waals surface area (Å²) in [4.78, 5) is 34.3. The largest absolute Gasteiger partial charge is 0.480 e. The lowest BCUT2D eigenvalue weighted by Gasteiger charge is -2.20. The molecule has 2 atom stereocenters. The maximum Gasteiger partial charge on any atom is 0.326 e. The van der Waals surface area contributed by atoms with Gasteiger partial charge in [-0.05, 0) is 18.8 Å². The molecular weight excluding hydrogens is 262 g/mol. The van der Waals surface area contributed by atoms with Crippen molar-refractivity contribution in [1.29, 1.82) is 0 Å². The maximum atomic E-state index is 11.7. The molecule has 0 aromatic carbocycles. The molecule has 0 radical (unpaired) electrons. The topological polar surface area (TPSA) is 108 Å². The Kier molecular flexibility index (Phi) is 7.64. The van der Waals surface area contributed by atoms with Gasteiger partial charge in [-0.3, -0.25) is 4.79 Å². The summed E-state index contributed by atoms with van der Waals surface area (Å²) in [5.41, 5.74) is 0. The zero-order valence-corrected chi connectivity index (χ0v) is 12.7. The Labute approximate surface area is 119 Å². The number of carboxylic acid groups (broad SMARTS) is 1. The van der Waals surface area contributed by atoms with Crippen molar-refractivity contribution in [2.45, 2.75) is 46.7 Å². The number of hydrogen-bond acceptors (Lipinski definition) is 3. The van der Waals surface area contributed by atoms with E-state index in [2.05, 4.69) is 16.0 Å². The first-order chi connectivity index (χ1) is 9.15. The average Bonchev–Trinajstić information content (AvgIpc) is 2.31. The van der Waals surface area contributed by atoms with Gasteiger partial charge in [0.2, 0.25) is 5.91 Å². The third kappa shape index (κ3) is 6.96. The predicted octanol–water partition coefficient (Wildman–Crippen LogP) is 0.556. The highest BCUT2D eigenvalue weighted by Crippen LogP contribution is 2.01. The second-order valence-corrected chi connectivity index (χ2v) is 5.54. The average molecular weight is 287 g/mol. The van der Waals surface area contributed by atoms with E-state index in [4.69, 9.17) is 5.11 Å². The molecule has 0 aliphatic carbocycles. The van der Waals surface area contributed by atoms with Gasteiger partial charge in [-0.1, -0.05) is 27.7 Å². The summed E-state index contributed by atoms with van der Waals surface area (Å²) in [6.45, 7) is 9.38. The first-order valence-electron chi connectivity index (χ1n) is 6.72. The normalized spacial score (nSPS) is 13.8. The lowest BCUT2D eigenvalue weighted by Crippen LogP contribution is -2.53. The first kappa shape index (κ1) is 18.2. The van der Waals surface area contributed by atoms with Crippen LogP contribution in [0.5, 0.6) is 0 Å². The quantitative estimate of drug-likeness (QED) is 0.548. The molecule has 0 heterocycles. The zero-order chi connectivity index (χ0) is 15.9. The molecule has 0 aromatic rings. The van der Waals surface area contributed by atoms with Crippen LogP contribution in [0.3, 0.4) is 0 Å². The first-order valence-corrected chi connectivity index (χ1v) is 6.72. The number of carboxylic acids is 1. The molecule has 1 unspecified atom stereocenters. The summed E-state index contributed by atoms with van der Waals surface area (Å²) < 4.78 is 0. The summed E-state index contributed by atoms with van der Waals surface area (Å²) in [7, 11) is 0. The molecule has 7 nitrogen and oxygen atoms in total. The minimum atomic E-state index is -1.10. The van der Waals surface area contributed by atoms with E-state index >= 15 is 0 Å². The van der Waals surface area contributed by atoms with E-state index in [1.807, 2.05) is 13.8 Å². The lowest BCUT2D eigenvalue weighted by molar-refractivity contribution is -0.140. The van der Waals surface area contributed by atoms with Crippen LogP contribution in [0.4, 0.5) is 4.79 Å². The summed E-state index contributed by atoms with van der Waals surface area (Å²) in [6.07, 6.45) is 0. The van der Waals surface area contributed by atoms with Gasteiger partial charge in [0.1, 0.15) is 12.1 Å². The molecule has 4 N–H and O–H groups in total. The third-order valence-corrected chi connectivity index (χ3v) is 2.64. The Morgan fingerprint density at radius 1 is 1.00 bits per heavy atom. The number of carbonyl (C=O) groups is 3. The fourth-order valence-corrected chi connectivity index (χ4v) is 1.42. The summed E-state index contributed by atoms with van der Waals surface area (Å²) in [6, 6.07) is -2.38. The van der Waals surface area contributed by atoms with E-state index in [-0.39, 0.29) is 11.8 Å². The Morgan fingerprint density at radius 3 is 1.95 bits per heavy atom. The molecule has 0 saturated carbocycles. The second kappa shape index (κ2) is 8.39. The molecule has 0 aromatic heterocycles. The standard InChI is InChI=1S/C13H25N3O4/c1-7(2)6-14-11(17)9(5)15-13(20)16-10(8(3)4)12(18)19/h7-10H,6H2,1-5H3,(H,14,17)(H,18,19)(H2,15,16,20)/t9?,10-/m0/s1. The molecule has 0 fully saturated rings. The van der Waals surface area contributed by atoms with Gasteiger partial charge in [-0.15, -0.1) is 0 Å². The molecule has 0 rings (SSSR count). The van der Waals surface area contributed by atoms with Crippen LogP contribution in [0.2, 0.25) is 0 Å². The molecule has 116 valence electrons. The van der Waals surface area contributed by atoms with Crippen molar-refractivity contribution in [3.63, 3.8) is 0 Å². The van der Waals surface area contributed by atoms with Crippen molar-refractivity contribution in [2.75, 3.05) is 6.54 Å². The highest BCUT2D eigenvalue weighted by molar-refractivity contribution is 5.88. The maximum absolute atomic E-state index is 11.7. The van der Waals surface area contributed by atoms with Gasteiger partial charge in [0.05, 0.1) is 0 Å². The zero-order valence-electron chi connectivity index (χ0n) is 12.7. The number of nitrogens with one attached hydrogen (secondary N) is 3. The smallest absolute Gasteiger partial charge is 0.326 e. The van der Waals surface area contributed by atoms with Crippen LogP contribution in [0.25, 0.3) is 0 Å². The second-order valence-electron chi connectivity index (χ2n) is 5.54. The Hall–Kier alpha value is -1.79.